The molecule has 1 N–H and O–H groups in total. The van der Waals surface area contributed by atoms with Crippen molar-refractivity contribution in [2.75, 3.05) is 6.67 Å². The molecular weight excluding hydrogens is 202 g/mol. The normalized spacial score (nSPS) is 10.4. The minimum atomic E-state index is -1.04. The van der Waals surface area contributed by atoms with E-state index in [1.165, 1.54) is 24.3 Å². The lowest BCUT2D eigenvalue weighted by atomic mass is 10.2. The molecule has 7 nitrogen and oxygen atoms in total. The van der Waals surface area contributed by atoms with Gasteiger partial charge in [-0.2, -0.15) is 0 Å². The Labute approximate surface area is 84.2 Å². The Kier molecular flexibility index (Phi) is 3.44. The maximum atomic E-state index is 10.5. The molecule has 7 heteroatoms. The monoisotopic (exact) mass is 209 g/mol. The summed E-state index contributed by atoms with van der Waals surface area (Å²) >= 11 is 0. The summed E-state index contributed by atoms with van der Waals surface area (Å²) in [6.07, 6.45) is 0. The van der Waals surface area contributed by atoms with Crippen molar-refractivity contribution in [3.05, 3.63) is 39.9 Å². The summed E-state index contributed by atoms with van der Waals surface area (Å²) in [6, 6.07) is 5.55. The molecule has 0 fully saturated rings. The molecule has 1 aromatic rings. The molecule has 0 radical (unpaired) electrons. The van der Waals surface area contributed by atoms with E-state index in [1.807, 2.05) is 0 Å². The van der Waals surface area contributed by atoms with Crippen LogP contribution in [0.15, 0.2) is 34.5 Å². The van der Waals surface area contributed by atoms with Crippen molar-refractivity contribution in [3.63, 3.8) is 0 Å². The molecule has 0 atom stereocenters. The number of carbonyl (C=O) groups is 1. The van der Waals surface area contributed by atoms with Gasteiger partial charge in [-0.1, -0.05) is 0 Å². The molecule has 0 bridgehead atoms. The van der Waals surface area contributed by atoms with Gasteiger partial charge in [0.25, 0.3) is 0 Å². The van der Waals surface area contributed by atoms with Gasteiger partial charge in [-0.15, -0.1) is 10.2 Å². The number of aromatic carboxylic acids is 1. The van der Waals surface area contributed by atoms with E-state index >= 15 is 0 Å². The molecule has 0 spiro atoms. The number of benzene rings is 1. The lowest BCUT2D eigenvalue weighted by Crippen LogP contribution is -1.95. The number of nitro groups is 1. The number of carboxylic acids is 1. The third-order valence-corrected chi connectivity index (χ3v) is 1.48. The molecule has 1 aromatic carbocycles. The van der Waals surface area contributed by atoms with Gasteiger partial charge in [-0.25, -0.2) is 4.79 Å². The van der Waals surface area contributed by atoms with E-state index in [9.17, 15) is 14.9 Å². The van der Waals surface area contributed by atoms with Gasteiger partial charge in [0.1, 0.15) is 0 Å². The quantitative estimate of drug-likeness (QED) is 0.462. The number of hydrogen-bond acceptors (Lipinski definition) is 5. The van der Waals surface area contributed by atoms with Gasteiger partial charge in [0.05, 0.1) is 11.3 Å². The van der Waals surface area contributed by atoms with Crippen LogP contribution in [0.4, 0.5) is 5.69 Å². The molecule has 0 saturated carbocycles. The maximum absolute atomic E-state index is 10.5. The Morgan fingerprint density at radius 2 is 2.00 bits per heavy atom. The first kappa shape index (κ1) is 10.8. The maximum Gasteiger partial charge on any atom is 0.335 e. The summed E-state index contributed by atoms with van der Waals surface area (Å²) in [4.78, 5) is 19.8. The van der Waals surface area contributed by atoms with Crippen molar-refractivity contribution in [1.82, 2.24) is 0 Å². The van der Waals surface area contributed by atoms with E-state index in [2.05, 4.69) is 10.2 Å². The molecule has 0 aromatic heterocycles. The molecule has 0 unspecified atom stereocenters. The molecule has 15 heavy (non-hydrogen) atoms. The minimum absolute atomic E-state index is 0.128. The van der Waals surface area contributed by atoms with Gasteiger partial charge in [0.2, 0.25) is 0 Å². The Morgan fingerprint density at radius 1 is 1.40 bits per heavy atom. The third-order valence-electron chi connectivity index (χ3n) is 1.48. The van der Waals surface area contributed by atoms with Gasteiger partial charge in [-0.05, 0) is 24.3 Å². The Morgan fingerprint density at radius 3 is 2.47 bits per heavy atom. The van der Waals surface area contributed by atoms with Crippen molar-refractivity contribution < 1.29 is 14.8 Å². The van der Waals surface area contributed by atoms with Crippen LogP contribution in [0.3, 0.4) is 0 Å². The van der Waals surface area contributed by atoms with E-state index in [-0.39, 0.29) is 5.56 Å². The highest BCUT2D eigenvalue weighted by atomic mass is 16.6. The van der Waals surface area contributed by atoms with Crippen molar-refractivity contribution >= 4 is 11.7 Å². The zero-order valence-corrected chi connectivity index (χ0v) is 7.53. The highest BCUT2D eigenvalue weighted by Gasteiger charge is 2.00. The second-order valence-corrected chi connectivity index (χ2v) is 2.57. The Balaban J connectivity index is 2.68. The first-order valence-electron chi connectivity index (χ1n) is 3.92. The minimum Gasteiger partial charge on any atom is -0.478 e. The van der Waals surface area contributed by atoms with Crippen LogP contribution < -0.4 is 0 Å². The molecular formula is C8H7N3O4. The van der Waals surface area contributed by atoms with Crippen LogP contribution in [0, 0.1) is 10.1 Å². The first-order valence-corrected chi connectivity index (χ1v) is 3.92. The standard InChI is InChI=1S/C8H7N3O4/c12-8(13)6-1-3-7(4-2-6)10-9-5-11(14)15/h1-4H,5H2,(H,12,13). The highest BCUT2D eigenvalue weighted by molar-refractivity contribution is 5.87. The molecule has 0 heterocycles. The van der Waals surface area contributed by atoms with Crippen LogP contribution in [-0.4, -0.2) is 22.7 Å². The van der Waals surface area contributed by atoms with E-state index in [0.717, 1.165) is 0 Å². The predicted octanol–water partition coefficient (Wildman–Crippen LogP) is 1.70. The van der Waals surface area contributed by atoms with Crippen LogP contribution >= 0.6 is 0 Å². The summed E-state index contributed by atoms with van der Waals surface area (Å²) in [5.41, 5.74) is 0.505. The molecule has 0 saturated heterocycles. The zero-order chi connectivity index (χ0) is 11.3. The van der Waals surface area contributed by atoms with Crippen LogP contribution in [-0.2, 0) is 0 Å². The largest absolute Gasteiger partial charge is 0.478 e. The van der Waals surface area contributed by atoms with Crippen molar-refractivity contribution in [3.8, 4) is 0 Å². The fourth-order valence-corrected chi connectivity index (χ4v) is 0.836. The number of rotatable bonds is 4. The van der Waals surface area contributed by atoms with Gasteiger partial charge < -0.3 is 5.11 Å². The summed E-state index contributed by atoms with van der Waals surface area (Å²) in [6.45, 7) is -0.597. The van der Waals surface area contributed by atoms with Gasteiger partial charge in [0.15, 0.2) is 0 Å². The Hall–Kier alpha value is -2.31. The summed E-state index contributed by atoms with van der Waals surface area (Å²) < 4.78 is 0. The van der Waals surface area contributed by atoms with E-state index in [1.54, 1.807) is 0 Å². The van der Waals surface area contributed by atoms with E-state index < -0.39 is 17.6 Å². The molecule has 0 aliphatic rings. The predicted molar refractivity (Wildman–Crippen MR) is 49.8 cm³/mol. The molecule has 0 aliphatic carbocycles. The number of carboxylic acid groups (broad SMARTS) is 1. The van der Waals surface area contributed by atoms with E-state index in [4.69, 9.17) is 5.11 Å². The highest BCUT2D eigenvalue weighted by Crippen LogP contribution is 2.13. The number of hydrogen-bond donors (Lipinski definition) is 1. The Bertz CT molecular complexity index is 399. The van der Waals surface area contributed by atoms with Crippen LogP contribution in [0.5, 0.6) is 0 Å². The average Bonchev–Trinajstić information content (AvgIpc) is 2.18. The molecule has 78 valence electrons. The number of azo groups is 1. The lowest BCUT2D eigenvalue weighted by molar-refractivity contribution is -0.478. The SMILES string of the molecule is O=C(O)c1ccc(N=NC[N+](=O)[O-])cc1. The fourth-order valence-electron chi connectivity index (χ4n) is 0.836. The van der Waals surface area contributed by atoms with Crippen molar-refractivity contribution in [2.24, 2.45) is 10.2 Å². The van der Waals surface area contributed by atoms with Crippen LogP contribution in [0.1, 0.15) is 10.4 Å². The smallest absolute Gasteiger partial charge is 0.335 e. The lowest BCUT2D eigenvalue weighted by Gasteiger charge is -1.93. The first-order chi connectivity index (χ1) is 7.09. The summed E-state index contributed by atoms with van der Waals surface area (Å²) in [5.74, 6) is -1.04. The zero-order valence-electron chi connectivity index (χ0n) is 7.53. The fraction of sp³-hybridized carbons (Fsp3) is 0.125. The number of nitrogens with zero attached hydrogens (tertiary/aromatic N) is 3. The molecule has 0 aliphatic heterocycles. The summed E-state index contributed by atoms with van der Waals surface area (Å²) in [5, 5.41) is 25.3. The second-order valence-electron chi connectivity index (χ2n) is 2.57. The van der Waals surface area contributed by atoms with Gasteiger partial charge >= 0.3 is 12.6 Å². The van der Waals surface area contributed by atoms with Crippen LogP contribution in [0.25, 0.3) is 0 Å². The van der Waals surface area contributed by atoms with Crippen molar-refractivity contribution in [1.29, 1.82) is 0 Å². The molecule has 0 amide bonds. The van der Waals surface area contributed by atoms with Crippen molar-refractivity contribution in [2.45, 2.75) is 0 Å². The van der Waals surface area contributed by atoms with E-state index in [0.29, 0.717) is 5.69 Å². The van der Waals surface area contributed by atoms with Gasteiger partial charge in [0, 0.05) is 4.92 Å². The van der Waals surface area contributed by atoms with Crippen LogP contribution in [0.2, 0.25) is 0 Å². The molecule has 1 rings (SSSR count). The average molecular weight is 209 g/mol. The topological polar surface area (TPSA) is 105 Å². The third kappa shape index (κ3) is 3.51. The van der Waals surface area contributed by atoms with Gasteiger partial charge in [-0.3, -0.25) is 10.1 Å². The second kappa shape index (κ2) is 4.80. The summed E-state index contributed by atoms with van der Waals surface area (Å²) in [7, 11) is 0.